The Morgan fingerprint density at radius 1 is 1.28 bits per heavy atom. The lowest BCUT2D eigenvalue weighted by Crippen LogP contribution is -2.59. The van der Waals surface area contributed by atoms with Crippen LogP contribution in [0.3, 0.4) is 0 Å². The molecule has 25 heavy (non-hydrogen) atoms. The molecule has 9 heteroatoms. The minimum absolute atomic E-state index is 0.0736. The van der Waals surface area contributed by atoms with Gasteiger partial charge in [0.05, 0.1) is 7.11 Å². The molecule has 8 nitrogen and oxygen atoms in total. The summed E-state index contributed by atoms with van der Waals surface area (Å²) in [5.74, 6) is -1.57. The predicted molar refractivity (Wildman–Crippen MR) is 88.0 cm³/mol. The Hall–Kier alpha value is -2.13. The zero-order valence-corrected chi connectivity index (χ0v) is 14.6. The summed E-state index contributed by atoms with van der Waals surface area (Å²) in [4.78, 5) is 23.7. The minimum atomic E-state index is -3.82. The van der Waals surface area contributed by atoms with E-state index in [9.17, 15) is 23.1 Å². The average molecular weight is 368 g/mol. The Balaban J connectivity index is 1.88. The molecule has 0 heterocycles. The molecule has 0 atom stereocenters. The lowest BCUT2D eigenvalue weighted by molar-refractivity contribution is -0.148. The average Bonchev–Trinajstić information content (AvgIpc) is 3.32. The third-order valence-electron chi connectivity index (χ3n) is 4.58. The lowest BCUT2D eigenvalue weighted by Gasteiger charge is -2.38. The number of hydrogen-bond acceptors (Lipinski definition) is 5. The number of amides is 1. The number of carbonyl (C=O) groups excluding carboxylic acids is 1. The Morgan fingerprint density at radius 3 is 2.44 bits per heavy atom. The summed E-state index contributed by atoms with van der Waals surface area (Å²) in [6.07, 6.45) is 3.00. The summed E-state index contributed by atoms with van der Waals surface area (Å²) in [5, 5.41) is 11.8. The molecule has 0 spiro atoms. The van der Waals surface area contributed by atoms with Crippen LogP contribution in [0.5, 0.6) is 5.75 Å². The van der Waals surface area contributed by atoms with Crippen molar-refractivity contribution in [1.82, 2.24) is 10.0 Å². The van der Waals surface area contributed by atoms with Crippen molar-refractivity contribution in [3.63, 3.8) is 0 Å². The van der Waals surface area contributed by atoms with Crippen molar-refractivity contribution in [2.75, 3.05) is 7.11 Å². The zero-order chi connectivity index (χ0) is 18.2. The molecule has 0 aliphatic heterocycles. The largest absolute Gasteiger partial charge is 0.495 e. The second-order valence-corrected chi connectivity index (χ2v) is 8.14. The highest BCUT2D eigenvalue weighted by atomic mass is 32.2. The van der Waals surface area contributed by atoms with Crippen molar-refractivity contribution in [3.05, 3.63) is 23.8 Å². The molecule has 136 valence electrons. The van der Waals surface area contributed by atoms with Gasteiger partial charge in [0.25, 0.3) is 5.91 Å². The van der Waals surface area contributed by atoms with Crippen LogP contribution in [0.2, 0.25) is 0 Å². The lowest BCUT2D eigenvalue weighted by atomic mass is 9.76. The van der Waals surface area contributed by atoms with Gasteiger partial charge in [0.2, 0.25) is 10.0 Å². The summed E-state index contributed by atoms with van der Waals surface area (Å²) in [6, 6.07) is 3.94. The molecule has 0 bridgehead atoms. The summed E-state index contributed by atoms with van der Waals surface area (Å²) in [6.45, 7) is 0. The van der Waals surface area contributed by atoms with Gasteiger partial charge in [-0.05, 0) is 50.3 Å². The molecular weight excluding hydrogens is 348 g/mol. The number of hydrogen-bond donors (Lipinski definition) is 3. The van der Waals surface area contributed by atoms with Gasteiger partial charge in [0, 0.05) is 11.6 Å². The first-order chi connectivity index (χ1) is 11.8. The summed E-state index contributed by atoms with van der Waals surface area (Å²) < 4.78 is 32.6. The summed E-state index contributed by atoms with van der Waals surface area (Å²) in [7, 11) is -2.47. The zero-order valence-electron chi connectivity index (χ0n) is 13.7. The van der Waals surface area contributed by atoms with E-state index in [1.165, 1.54) is 25.3 Å². The highest BCUT2D eigenvalue weighted by Gasteiger charge is 2.45. The second-order valence-electron chi connectivity index (χ2n) is 6.46. The van der Waals surface area contributed by atoms with Gasteiger partial charge in [-0.15, -0.1) is 0 Å². The molecule has 0 radical (unpaired) electrons. The van der Waals surface area contributed by atoms with Gasteiger partial charge in [0.15, 0.2) is 0 Å². The van der Waals surface area contributed by atoms with E-state index in [1.54, 1.807) is 0 Å². The van der Waals surface area contributed by atoms with Crippen LogP contribution in [-0.2, 0) is 14.8 Å². The van der Waals surface area contributed by atoms with E-state index >= 15 is 0 Å². The number of ether oxygens (including phenoxy) is 1. The molecule has 1 amide bonds. The number of benzene rings is 1. The molecule has 2 saturated carbocycles. The van der Waals surface area contributed by atoms with Crippen molar-refractivity contribution in [1.29, 1.82) is 0 Å². The van der Waals surface area contributed by atoms with Crippen LogP contribution >= 0.6 is 0 Å². The number of carbonyl (C=O) groups is 2. The first-order valence-electron chi connectivity index (χ1n) is 8.04. The third kappa shape index (κ3) is 3.47. The molecular formula is C16H20N2O6S. The molecule has 2 aliphatic rings. The number of nitrogens with one attached hydrogen (secondary N) is 2. The van der Waals surface area contributed by atoms with Crippen LogP contribution in [0.25, 0.3) is 0 Å². The first-order valence-corrected chi connectivity index (χ1v) is 9.52. The molecule has 3 rings (SSSR count). The number of carboxylic acids is 1. The molecule has 0 unspecified atom stereocenters. The van der Waals surface area contributed by atoms with Crippen LogP contribution in [-0.4, -0.2) is 44.1 Å². The fourth-order valence-corrected chi connectivity index (χ4v) is 4.22. The van der Waals surface area contributed by atoms with Gasteiger partial charge in [-0.3, -0.25) is 4.79 Å². The van der Waals surface area contributed by atoms with Crippen molar-refractivity contribution in [2.45, 2.75) is 48.6 Å². The van der Waals surface area contributed by atoms with E-state index in [2.05, 4.69) is 10.0 Å². The number of carboxylic acid groups (broad SMARTS) is 1. The van der Waals surface area contributed by atoms with Crippen LogP contribution in [0.4, 0.5) is 0 Å². The molecule has 3 N–H and O–H groups in total. The SMILES string of the molecule is COc1ccc(C(=O)NC2(C(=O)O)CCC2)cc1S(=O)(=O)NC1CC1. The van der Waals surface area contributed by atoms with Crippen LogP contribution in [0.15, 0.2) is 23.1 Å². The summed E-state index contributed by atoms with van der Waals surface area (Å²) >= 11 is 0. The molecule has 2 fully saturated rings. The maximum Gasteiger partial charge on any atom is 0.329 e. The Morgan fingerprint density at radius 2 is 1.96 bits per heavy atom. The maximum absolute atomic E-state index is 12.5. The van der Waals surface area contributed by atoms with E-state index in [-0.39, 0.29) is 22.3 Å². The van der Waals surface area contributed by atoms with Gasteiger partial charge in [-0.25, -0.2) is 17.9 Å². The third-order valence-corrected chi connectivity index (χ3v) is 6.13. The first kappa shape index (κ1) is 17.7. The normalized spacial score (nSPS) is 18.9. The monoisotopic (exact) mass is 368 g/mol. The van der Waals surface area contributed by atoms with Gasteiger partial charge in [-0.2, -0.15) is 0 Å². The Bertz CT molecular complexity index is 812. The van der Waals surface area contributed by atoms with E-state index in [1.807, 2.05) is 0 Å². The van der Waals surface area contributed by atoms with E-state index in [4.69, 9.17) is 4.74 Å². The molecule has 0 saturated heterocycles. The van der Waals surface area contributed by atoms with Crippen molar-refractivity contribution < 1.29 is 27.9 Å². The van der Waals surface area contributed by atoms with Gasteiger partial charge in [0.1, 0.15) is 16.2 Å². The minimum Gasteiger partial charge on any atom is -0.495 e. The number of aliphatic carboxylic acids is 1. The highest BCUT2D eigenvalue weighted by molar-refractivity contribution is 7.89. The Kier molecular flexibility index (Phi) is 4.46. The predicted octanol–water partition coefficient (Wildman–Crippen LogP) is 0.873. The summed E-state index contributed by atoms with van der Waals surface area (Å²) in [5.41, 5.74) is -1.19. The number of methoxy groups -OCH3 is 1. The van der Waals surface area contributed by atoms with Gasteiger partial charge < -0.3 is 15.2 Å². The van der Waals surface area contributed by atoms with Gasteiger partial charge >= 0.3 is 5.97 Å². The highest BCUT2D eigenvalue weighted by Crippen LogP contribution is 2.33. The Labute approximate surface area is 145 Å². The smallest absolute Gasteiger partial charge is 0.329 e. The molecule has 0 aromatic heterocycles. The van der Waals surface area contributed by atoms with Crippen molar-refractivity contribution in [2.24, 2.45) is 0 Å². The standard InChI is InChI=1S/C16H20N2O6S/c1-24-12-6-3-10(9-13(12)25(22,23)18-11-4-5-11)14(19)17-16(15(20)21)7-2-8-16/h3,6,9,11,18H,2,4-5,7-8H2,1H3,(H,17,19)(H,20,21). The number of rotatable bonds is 7. The van der Waals surface area contributed by atoms with E-state index in [0.29, 0.717) is 12.8 Å². The van der Waals surface area contributed by atoms with Crippen LogP contribution < -0.4 is 14.8 Å². The van der Waals surface area contributed by atoms with Crippen molar-refractivity contribution >= 4 is 21.9 Å². The topological polar surface area (TPSA) is 122 Å². The number of sulfonamides is 1. The molecule has 1 aromatic carbocycles. The fraction of sp³-hybridized carbons (Fsp3) is 0.500. The fourth-order valence-electron chi connectivity index (χ4n) is 2.72. The van der Waals surface area contributed by atoms with Gasteiger partial charge in [-0.1, -0.05) is 0 Å². The second kappa shape index (κ2) is 6.30. The van der Waals surface area contributed by atoms with Crippen molar-refractivity contribution in [3.8, 4) is 5.75 Å². The molecule has 2 aliphatic carbocycles. The quantitative estimate of drug-likeness (QED) is 0.657. The molecule has 1 aromatic rings. The maximum atomic E-state index is 12.5. The van der Waals surface area contributed by atoms with Crippen LogP contribution in [0, 0.1) is 0 Å². The van der Waals surface area contributed by atoms with E-state index in [0.717, 1.165) is 19.3 Å². The van der Waals surface area contributed by atoms with E-state index < -0.39 is 27.4 Å². The van der Waals surface area contributed by atoms with Crippen LogP contribution in [0.1, 0.15) is 42.5 Å².